The number of carbonyl (C=O) groups excluding carboxylic acids is 1. The maximum absolute atomic E-state index is 12.5. The normalized spacial score (nSPS) is 17.1. The summed E-state index contributed by atoms with van der Waals surface area (Å²) in [6, 6.07) is 2.56. The Hall–Kier alpha value is -1.50. The van der Waals surface area contributed by atoms with Crippen molar-refractivity contribution in [1.82, 2.24) is 5.32 Å². The first-order valence-corrected chi connectivity index (χ1v) is 5.28. The maximum atomic E-state index is 12.5. The SMILES string of the molecule is Cc1ccc(C(C)NC(=O)C(C)(N)C(F)(F)F)o1. The lowest BCUT2D eigenvalue weighted by molar-refractivity contribution is -0.187. The third-order valence-electron chi connectivity index (χ3n) is 2.60. The number of alkyl halides is 3. The minimum atomic E-state index is -4.81. The summed E-state index contributed by atoms with van der Waals surface area (Å²) in [7, 11) is 0. The highest BCUT2D eigenvalue weighted by atomic mass is 19.4. The van der Waals surface area contributed by atoms with Gasteiger partial charge in [-0.05, 0) is 32.9 Å². The van der Waals surface area contributed by atoms with Crippen molar-refractivity contribution >= 4 is 5.91 Å². The number of halogens is 3. The zero-order valence-corrected chi connectivity index (χ0v) is 10.3. The molecule has 7 heteroatoms. The number of carbonyl (C=O) groups is 1. The first-order valence-electron chi connectivity index (χ1n) is 5.28. The van der Waals surface area contributed by atoms with Gasteiger partial charge in [0.25, 0.3) is 0 Å². The number of hydrogen-bond donors (Lipinski definition) is 2. The minimum absolute atomic E-state index is 0.374. The van der Waals surface area contributed by atoms with Gasteiger partial charge in [0.2, 0.25) is 5.91 Å². The maximum Gasteiger partial charge on any atom is 0.415 e. The van der Waals surface area contributed by atoms with E-state index in [1.807, 2.05) is 0 Å². The van der Waals surface area contributed by atoms with Crippen molar-refractivity contribution < 1.29 is 22.4 Å². The zero-order chi connectivity index (χ0) is 14.1. The second kappa shape index (κ2) is 4.64. The molecule has 102 valence electrons. The molecule has 1 rings (SSSR count). The van der Waals surface area contributed by atoms with Gasteiger partial charge in [0, 0.05) is 0 Å². The Morgan fingerprint density at radius 3 is 2.39 bits per heavy atom. The molecule has 1 amide bonds. The number of rotatable bonds is 3. The van der Waals surface area contributed by atoms with E-state index in [2.05, 4.69) is 5.32 Å². The average Bonchev–Trinajstić information content (AvgIpc) is 2.62. The third-order valence-corrected chi connectivity index (χ3v) is 2.60. The van der Waals surface area contributed by atoms with Gasteiger partial charge in [-0.25, -0.2) is 0 Å². The molecule has 0 aliphatic heterocycles. The zero-order valence-electron chi connectivity index (χ0n) is 10.3. The fraction of sp³-hybridized carbons (Fsp3) is 0.545. The van der Waals surface area contributed by atoms with E-state index in [0.717, 1.165) is 0 Å². The highest BCUT2D eigenvalue weighted by Crippen LogP contribution is 2.28. The van der Waals surface area contributed by atoms with Crippen LogP contribution in [0.3, 0.4) is 0 Å². The van der Waals surface area contributed by atoms with Crippen LogP contribution in [0.1, 0.15) is 31.4 Å². The van der Waals surface area contributed by atoms with Gasteiger partial charge in [-0.15, -0.1) is 0 Å². The first-order chi connectivity index (χ1) is 8.05. The van der Waals surface area contributed by atoms with Gasteiger partial charge in [0.05, 0.1) is 6.04 Å². The largest absolute Gasteiger partial charge is 0.464 e. The van der Waals surface area contributed by atoms with Gasteiger partial charge in [-0.1, -0.05) is 0 Å². The predicted octanol–water partition coefficient (Wildman–Crippen LogP) is 2.04. The molecule has 1 aromatic rings. The third kappa shape index (κ3) is 2.84. The number of nitrogens with two attached hydrogens (primary N) is 1. The summed E-state index contributed by atoms with van der Waals surface area (Å²) in [5.74, 6) is -0.312. The molecule has 0 bridgehead atoms. The van der Waals surface area contributed by atoms with Crippen LogP contribution in [-0.2, 0) is 4.79 Å². The summed E-state index contributed by atoms with van der Waals surface area (Å²) in [5.41, 5.74) is 2.07. The van der Waals surface area contributed by atoms with E-state index in [1.165, 1.54) is 6.92 Å². The van der Waals surface area contributed by atoms with Crippen molar-refractivity contribution in [2.75, 3.05) is 0 Å². The van der Waals surface area contributed by atoms with Gasteiger partial charge in [0.1, 0.15) is 11.5 Å². The first kappa shape index (κ1) is 14.6. The highest BCUT2D eigenvalue weighted by molar-refractivity contribution is 5.86. The van der Waals surface area contributed by atoms with Gasteiger partial charge in [0.15, 0.2) is 5.54 Å². The van der Waals surface area contributed by atoms with Crippen LogP contribution < -0.4 is 11.1 Å². The van der Waals surface area contributed by atoms with Crippen LogP contribution in [0.2, 0.25) is 0 Å². The van der Waals surface area contributed by atoms with E-state index in [4.69, 9.17) is 10.2 Å². The summed E-state index contributed by atoms with van der Waals surface area (Å²) in [6.07, 6.45) is -4.81. The van der Waals surface area contributed by atoms with Crippen LogP contribution >= 0.6 is 0 Å². The van der Waals surface area contributed by atoms with E-state index < -0.39 is 23.7 Å². The quantitative estimate of drug-likeness (QED) is 0.877. The molecular weight excluding hydrogens is 249 g/mol. The monoisotopic (exact) mass is 264 g/mol. The fourth-order valence-corrected chi connectivity index (χ4v) is 1.23. The Kier molecular flexibility index (Phi) is 3.75. The summed E-state index contributed by atoms with van der Waals surface area (Å²) in [6.45, 7) is 3.84. The Morgan fingerprint density at radius 1 is 1.44 bits per heavy atom. The molecule has 0 saturated carbocycles. The lowest BCUT2D eigenvalue weighted by atomic mass is 10.0. The van der Waals surface area contributed by atoms with E-state index >= 15 is 0 Å². The summed E-state index contributed by atoms with van der Waals surface area (Å²) >= 11 is 0. The number of aryl methyl sites for hydroxylation is 1. The lowest BCUT2D eigenvalue weighted by Gasteiger charge is -2.27. The van der Waals surface area contributed by atoms with Gasteiger partial charge < -0.3 is 15.5 Å². The van der Waals surface area contributed by atoms with Crippen LogP contribution in [0.4, 0.5) is 13.2 Å². The second-order valence-electron chi connectivity index (χ2n) is 4.34. The molecule has 0 aliphatic carbocycles. The smallest absolute Gasteiger partial charge is 0.415 e. The predicted molar refractivity (Wildman–Crippen MR) is 58.7 cm³/mol. The molecule has 4 nitrogen and oxygen atoms in total. The van der Waals surface area contributed by atoms with E-state index in [-0.39, 0.29) is 0 Å². The highest BCUT2D eigenvalue weighted by Gasteiger charge is 2.54. The average molecular weight is 264 g/mol. The molecule has 2 atom stereocenters. The number of hydrogen-bond acceptors (Lipinski definition) is 3. The molecule has 0 aromatic carbocycles. The van der Waals surface area contributed by atoms with E-state index in [0.29, 0.717) is 18.4 Å². The van der Waals surface area contributed by atoms with Crippen molar-refractivity contribution in [2.24, 2.45) is 5.73 Å². The minimum Gasteiger partial charge on any atom is -0.464 e. The summed E-state index contributed by atoms with van der Waals surface area (Å²) in [5, 5.41) is 2.18. The molecule has 0 spiro atoms. The van der Waals surface area contributed by atoms with Crippen molar-refractivity contribution in [2.45, 2.75) is 38.5 Å². The summed E-state index contributed by atoms with van der Waals surface area (Å²) < 4.78 is 42.8. The second-order valence-corrected chi connectivity index (χ2v) is 4.34. The molecule has 0 saturated heterocycles. The van der Waals surface area contributed by atoms with Crippen LogP contribution in [0.25, 0.3) is 0 Å². The van der Waals surface area contributed by atoms with Gasteiger partial charge in [-0.3, -0.25) is 4.79 Å². The van der Waals surface area contributed by atoms with Gasteiger partial charge >= 0.3 is 6.18 Å². The van der Waals surface area contributed by atoms with Crippen molar-refractivity contribution in [3.8, 4) is 0 Å². The van der Waals surface area contributed by atoms with Crippen molar-refractivity contribution in [3.63, 3.8) is 0 Å². The van der Waals surface area contributed by atoms with Gasteiger partial charge in [-0.2, -0.15) is 13.2 Å². The Labute approximate surface area is 102 Å². The molecule has 1 heterocycles. The van der Waals surface area contributed by atoms with Crippen molar-refractivity contribution in [1.29, 1.82) is 0 Å². The fourth-order valence-electron chi connectivity index (χ4n) is 1.23. The van der Waals surface area contributed by atoms with Crippen LogP contribution in [-0.4, -0.2) is 17.6 Å². The number of amides is 1. The molecule has 2 unspecified atom stereocenters. The Morgan fingerprint density at radius 2 is 2.00 bits per heavy atom. The molecule has 18 heavy (non-hydrogen) atoms. The number of furan rings is 1. The molecule has 3 N–H and O–H groups in total. The summed E-state index contributed by atoms with van der Waals surface area (Å²) in [4.78, 5) is 11.5. The van der Waals surface area contributed by atoms with Crippen molar-refractivity contribution in [3.05, 3.63) is 23.7 Å². The Balaban J connectivity index is 2.77. The van der Waals surface area contributed by atoms with E-state index in [1.54, 1.807) is 19.1 Å². The molecule has 0 fully saturated rings. The Bertz CT molecular complexity index is 438. The molecule has 1 aromatic heterocycles. The molecule has 0 radical (unpaired) electrons. The number of nitrogens with one attached hydrogen (secondary N) is 1. The lowest BCUT2D eigenvalue weighted by Crippen LogP contribution is -2.61. The van der Waals surface area contributed by atoms with E-state index in [9.17, 15) is 18.0 Å². The standard InChI is InChI=1S/C11H15F3N2O2/c1-6-4-5-8(18-6)7(2)16-9(17)10(3,15)11(12,13)14/h4-5,7H,15H2,1-3H3,(H,16,17). The van der Waals surface area contributed by atoms with Crippen LogP contribution in [0.5, 0.6) is 0 Å². The van der Waals surface area contributed by atoms with Crippen LogP contribution in [0, 0.1) is 6.92 Å². The molecular formula is C11H15F3N2O2. The topological polar surface area (TPSA) is 68.3 Å². The molecule has 0 aliphatic rings. The van der Waals surface area contributed by atoms with Crippen LogP contribution in [0.15, 0.2) is 16.5 Å².